The van der Waals surface area contributed by atoms with E-state index in [0.29, 0.717) is 6.54 Å². The van der Waals surface area contributed by atoms with Gasteiger partial charge < -0.3 is 11.1 Å². The van der Waals surface area contributed by atoms with Crippen LogP contribution in [-0.2, 0) is 0 Å². The largest absolute Gasteiger partial charge is 0.378 e. The van der Waals surface area contributed by atoms with Crippen molar-refractivity contribution in [3.05, 3.63) is 16.4 Å². The molecule has 0 saturated heterocycles. The van der Waals surface area contributed by atoms with Crippen molar-refractivity contribution in [2.45, 2.75) is 13.3 Å². The van der Waals surface area contributed by atoms with Gasteiger partial charge in [-0.15, -0.1) is 0 Å². The third kappa shape index (κ3) is 4.06. The van der Waals surface area contributed by atoms with Gasteiger partial charge in [-0.1, -0.05) is 6.92 Å². The normalized spacial score (nSPS) is 10.2. The van der Waals surface area contributed by atoms with E-state index >= 15 is 0 Å². The summed E-state index contributed by atoms with van der Waals surface area (Å²) in [7, 11) is 0. The van der Waals surface area contributed by atoms with Crippen molar-refractivity contribution in [3.8, 4) is 0 Å². The topological polar surface area (TPSA) is 107 Å². The molecule has 7 nitrogen and oxygen atoms in total. The number of nitro groups is 1. The molecule has 3 N–H and O–H groups in total. The van der Waals surface area contributed by atoms with Gasteiger partial charge in [-0.3, -0.25) is 10.1 Å². The Labute approximate surface area is 103 Å². The molecule has 0 spiro atoms. The van der Waals surface area contributed by atoms with E-state index in [1.807, 2.05) is 11.8 Å². The van der Waals surface area contributed by atoms with Crippen LogP contribution in [0.25, 0.3) is 0 Å². The molecular weight excluding hydrogens is 242 g/mol. The number of hydrogen-bond acceptors (Lipinski definition) is 7. The van der Waals surface area contributed by atoms with Crippen molar-refractivity contribution in [2.75, 3.05) is 29.1 Å². The quantitative estimate of drug-likeness (QED) is 0.433. The predicted octanol–water partition coefficient (Wildman–Crippen LogP) is 1.52. The van der Waals surface area contributed by atoms with Gasteiger partial charge in [0.05, 0.1) is 4.92 Å². The lowest BCUT2D eigenvalue weighted by Gasteiger charge is -2.06. The molecule has 0 aliphatic carbocycles. The van der Waals surface area contributed by atoms with Crippen molar-refractivity contribution in [1.29, 1.82) is 0 Å². The summed E-state index contributed by atoms with van der Waals surface area (Å²) < 4.78 is 0. The smallest absolute Gasteiger partial charge is 0.352 e. The molecule has 1 aromatic heterocycles. The van der Waals surface area contributed by atoms with Crippen LogP contribution in [-0.4, -0.2) is 32.9 Å². The van der Waals surface area contributed by atoms with Crippen molar-refractivity contribution >= 4 is 29.1 Å². The SMILES string of the molecule is CCSCCCNc1ncnc(N)c1[N+](=O)[O-]. The van der Waals surface area contributed by atoms with E-state index in [1.165, 1.54) is 6.33 Å². The summed E-state index contributed by atoms with van der Waals surface area (Å²) in [4.78, 5) is 17.6. The molecule has 94 valence electrons. The van der Waals surface area contributed by atoms with Gasteiger partial charge >= 0.3 is 5.69 Å². The van der Waals surface area contributed by atoms with E-state index in [0.717, 1.165) is 17.9 Å². The molecule has 0 aromatic carbocycles. The average molecular weight is 257 g/mol. The highest BCUT2D eigenvalue weighted by atomic mass is 32.2. The summed E-state index contributed by atoms with van der Waals surface area (Å²) in [5, 5.41) is 13.7. The van der Waals surface area contributed by atoms with Gasteiger partial charge in [0.15, 0.2) is 0 Å². The predicted molar refractivity (Wildman–Crippen MR) is 69.2 cm³/mol. The molecule has 0 bridgehead atoms. The molecule has 0 saturated carbocycles. The summed E-state index contributed by atoms with van der Waals surface area (Å²) in [6.45, 7) is 2.72. The minimum absolute atomic E-state index is 0.115. The van der Waals surface area contributed by atoms with Gasteiger partial charge in [0.2, 0.25) is 11.6 Å². The minimum atomic E-state index is -0.571. The average Bonchev–Trinajstić information content (AvgIpc) is 2.28. The van der Waals surface area contributed by atoms with Gasteiger partial charge in [-0.25, -0.2) is 9.97 Å². The molecule has 0 atom stereocenters. The van der Waals surface area contributed by atoms with Gasteiger partial charge in [-0.05, 0) is 17.9 Å². The second kappa shape index (κ2) is 6.89. The van der Waals surface area contributed by atoms with Crippen LogP contribution in [0.3, 0.4) is 0 Å². The van der Waals surface area contributed by atoms with Gasteiger partial charge in [0.1, 0.15) is 6.33 Å². The molecule has 0 amide bonds. The Balaban J connectivity index is 2.58. The summed E-state index contributed by atoms with van der Waals surface area (Å²) >= 11 is 1.83. The molecule has 8 heteroatoms. The van der Waals surface area contributed by atoms with Crippen molar-refractivity contribution < 1.29 is 4.92 Å². The molecular formula is C9H15N5O2S. The molecule has 0 aliphatic rings. The van der Waals surface area contributed by atoms with Crippen LogP contribution in [0.15, 0.2) is 6.33 Å². The standard InChI is InChI=1S/C9H15N5O2S/c1-2-17-5-3-4-11-9-7(14(15)16)8(10)12-6-13-9/h6H,2-5H2,1H3,(H3,10,11,12,13). The van der Waals surface area contributed by atoms with Crippen molar-refractivity contribution in [2.24, 2.45) is 0 Å². The number of anilines is 2. The second-order valence-corrected chi connectivity index (χ2v) is 4.58. The highest BCUT2D eigenvalue weighted by molar-refractivity contribution is 7.99. The van der Waals surface area contributed by atoms with E-state index in [9.17, 15) is 10.1 Å². The van der Waals surface area contributed by atoms with E-state index in [2.05, 4.69) is 22.2 Å². The molecule has 0 unspecified atom stereocenters. The Bertz CT molecular complexity index is 388. The van der Waals surface area contributed by atoms with Gasteiger partial charge in [0, 0.05) is 6.54 Å². The third-order valence-corrected chi connectivity index (χ3v) is 2.98. The maximum atomic E-state index is 10.8. The Hall–Kier alpha value is -1.57. The molecule has 1 rings (SSSR count). The number of thioether (sulfide) groups is 1. The van der Waals surface area contributed by atoms with Crippen molar-refractivity contribution in [1.82, 2.24) is 9.97 Å². The first-order chi connectivity index (χ1) is 8.16. The number of nitrogens with two attached hydrogens (primary N) is 1. The van der Waals surface area contributed by atoms with E-state index < -0.39 is 4.92 Å². The Morgan fingerprint density at radius 2 is 2.35 bits per heavy atom. The summed E-state index contributed by atoms with van der Waals surface area (Å²) in [5.74, 6) is 2.15. The van der Waals surface area contributed by atoms with Crippen LogP contribution in [0.1, 0.15) is 13.3 Å². The highest BCUT2D eigenvalue weighted by Gasteiger charge is 2.20. The number of rotatable bonds is 7. The van der Waals surface area contributed by atoms with Crippen LogP contribution in [0.4, 0.5) is 17.3 Å². The molecule has 0 radical (unpaired) electrons. The zero-order valence-corrected chi connectivity index (χ0v) is 10.4. The maximum absolute atomic E-state index is 10.8. The molecule has 0 aliphatic heterocycles. The van der Waals surface area contributed by atoms with Crippen LogP contribution < -0.4 is 11.1 Å². The lowest BCUT2D eigenvalue weighted by molar-refractivity contribution is -0.383. The number of hydrogen-bond donors (Lipinski definition) is 2. The minimum Gasteiger partial charge on any atom is -0.378 e. The van der Waals surface area contributed by atoms with E-state index in [4.69, 9.17) is 5.73 Å². The third-order valence-electron chi connectivity index (χ3n) is 2.00. The number of aromatic nitrogens is 2. The van der Waals surface area contributed by atoms with Gasteiger partial charge in [-0.2, -0.15) is 11.8 Å². The van der Waals surface area contributed by atoms with Crippen LogP contribution in [0.2, 0.25) is 0 Å². The Kier molecular flexibility index (Phi) is 5.47. The lowest BCUT2D eigenvalue weighted by atomic mass is 10.4. The molecule has 17 heavy (non-hydrogen) atoms. The number of nitrogens with one attached hydrogen (secondary N) is 1. The zero-order chi connectivity index (χ0) is 12.7. The zero-order valence-electron chi connectivity index (χ0n) is 9.55. The van der Waals surface area contributed by atoms with Crippen LogP contribution in [0, 0.1) is 10.1 Å². The summed E-state index contributed by atoms with van der Waals surface area (Å²) in [6.07, 6.45) is 2.13. The van der Waals surface area contributed by atoms with E-state index in [-0.39, 0.29) is 17.3 Å². The number of nitrogens with zero attached hydrogens (tertiary/aromatic N) is 3. The fraction of sp³-hybridized carbons (Fsp3) is 0.556. The van der Waals surface area contributed by atoms with Gasteiger partial charge in [0.25, 0.3) is 0 Å². The molecule has 1 heterocycles. The summed E-state index contributed by atoms with van der Waals surface area (Å²) in [5.41, 5.74) is 5.18. The fourth-order valence-electron chi connectivity index (χ4n) is 1.23. The monoisotopic (exact) mass is 257 g/mol. The number of nitrogen functional groups attached to an aromatic ring is 1. The summed E-state index contributed by atoms with van der Waals surface area (Å²) in [6, 6.07) is 0. The Morgan fingerprint density at radius 3 is 3.00 bits per heavy atom. The van der Waals surface area contributed by atoms with E-state index in [1.54, 1.807) is 0 Å². The molecule has 0 fully saturated rings. The maximum Gasteiger partial charge on any atom is 0.352 e. The second-order valence-electron chi connectivity index (χ2n) is 3.19. The molecule has 1 aromatic rings. The fourth-order valence-corrected chi connectivity index (χ4v) is 1.86. The van der Waals surface area contributed by atoms with Crippen LogP contribution >= 0.6 is 11.8 Å². The van der Waals surface area contributed by atoms with Crippen molar-refractivity contribution in [3.63, 3.8) is 0 Å². The highest BCUT2D eigenvalue weighted by Crippen LogP contribution is 2.25. The van der Waals surface area contributed by atoms with Crippen LogP contribution in [0.5, 0.6) is 0 Å². The first kappa shape index (κ1) is 13.5. The first-order valence-corrected chi connectivity index (χ1v) is 6.38. The first-order valence-electron chi connectivity index (χ1n) is 5.23. The lowest BCUT2D eigenvalue weighted by Crippen LogP contribution is -2.09. The Morgan fingerprint density at radius 1 is 1.59 bits per heavy atom.